The number of sulfonamides is 1. The smallest absolute Gasteiger partial charge is 0.287 e. The Morgan fingerprint density at radius 3 is 2.75 bits per heavy atom. The summed E-state index contributed by atoms with van der Waals surface area (Å²) in [7, 11) is -3.87. The summed E-state index contributed by atoms with van der Waals surface area (Å²) < 4.78 is 27.7. The van der Waals surface area contributed by atoms with Gasteiger partial charge in [0.2, 0.25) is 10.0 Å². The third kappa shape index (κ3) is 3.95. The van der Waals surface area contributed by atoms with Gasteiger partial charge in [-0.1, -0.05) is 0 Å². The molecule has 1 unspecified atom stereocenters. The van der Waals surface area contributed by atoms with Crippen LogP contribution in [0.3, 0.4) is 0 Å². The van der Waals surface area contributed by atoms with Crippen LogP contribution in [0.1, 0.15) is 29.2 Å². The van der Waals surface area contributed by atoms with Gasteiger partial charge in [-0.15, -0.1) is 12.4 Å². The van der Waals surface area contributed by atoms with E-state index in [1.165, 1.54) is 6.92 Å². The Kier molecular flexibility index (Phi) is 5.58. The molecule has 2 rings (SSSR count). The lowest BCUT2D eigenvalue weighted by molar-refractivity contribution is 0.0901. The molecule has 0 bridgehead atoms. The van der Waals surface area contributed by atoms with Crippen LogP contribution in [0.2, 0.25) is 0 Å². The highest BCUT2D eigenvalue weighted by Crippen LogP contribution is 2.18. The van der Waals surface area contributed by atoms with Crippen molar-refractivity contribution in [2.75, 3.05) is 13.1 Å². The van der Waals surface area contributed by atoms with Crippen LogP contribution in [0.25, 0.3) is 0 Å². The lowest BCUT2D eigenvalue weighted by Gasteiger charge is -2.23. The molecule has 1 aromatic heterocycles. The van der Waals surface area contributed by atoms with Gasteiger partial charge >= 0.3 is 0 Å². The molecule has 0 aromatic carbocycles. The molecule has 0 saturated carbocycles. The van der Waals surface area contributed by atoms with Crippen molar-refractivity contribution in [1.82, 2.24) is 10.6 Å². The van der Waals surface area contributed by atoms with Crippen molar-refractivity contribution in [3.05, 3.63) is 17.6 Å². The van der Waals surface area contributed by atoms with Crippen molar-refractivity contribution in [2.24, 2.45) is 5.14 Å². The van der Waals surface area contributed by atoms with E-state index in [0.717, 1.165) is 25.5 Å². The zero-order valence-electron chi connectivity index (χ0n) is 11.0. The second-order valence-electron chi connectivity index (χ2n) is 4.59. The molecular weight excluding hydrogens is 306 g/mol. The second-order valence-corrected chi connectivity index (χ2v) is 6.12. The number of hydrogen-bond acceptors (Lipinski definition) is 5. The van der Waals surface area contributed by atoms with E-state index < -0.39 is 15.9 Å². The van der Waals surface area contributed by atoms with Crippen molar-refractivity contribution < 1.29 is 17.6 Å². The summed E-state index contributed by atoms with van der Waals surface area (Å²) in [6.07, 6.45) is 1.88. The fourth-order valence-corrected chi connectivity index (χ4v) is 2.80. The van der Waals surface area contributed by atoms with Crippen LogP contribution in [0, 0.1) is 6.92 Å². The van der Waals surface area contributed by atoms with Crippen LogP contribution >= 0.6 is 12.4 Å². The summed E-state index contributed by atoms with van der Waals surface area (Å²) in [5, 5.41) is 11.0. The Morgan fingerprint density at radius 1 is 1.55 bits per heavy atom. The number of furan rings is 1. The first kappa shape index (κ1) is 17.0. The minimum atomic E-state index is -3.87. The third-order valence-electron chi connectivity index (χ3n) is 3.03. The van der Waals surface area contributed by atoms with Crippen molar-refractivity contribution in [2.45, 2.75) is 30.7 Å². The van der Waals surface area contributed by atoms with Gasteiger partial charge in [0.1, 0.15) is 10.7 Å². The molecule has 114 valence electrons. The zero-order chi connectivity index (χ0) is 14.0. The summed E-state index contributed by atoms with van der Waals surface area (Å²) in [6, 6.07) is 1.19. The molecule has 2 heterocycles. The topological polar surface area (TPSA) is 114 Å². The van der Waals surface area contributed by atoms with Gasteiger partial charge < -0.3 is 15.1 Å². The van der Waals surface area contributed by atoms with Crippen molar-refractivity contribution in [3.63, 3.8) is 0 Å². The Morgan fingerprint density at radius 2 is 2.25 bits per heavy atom. The molecule has 9 heteroatoms. The van der Waals surface area contributed by atoms with E-state index >= 15 is 0 Å². The van der Waals surface area contributed by atoms with Gasteiger partial charge in [-0.2, -0.15) is 0 Å². The zero-order valence-corrected chi connectivity index (χ0v) is 12.6. The van der Waals surface area contributed by atoms with Crippen LogP contribution in [0.4, 0.5) is 0 Å². The van der Waals surface area contributed by atoms with Gasteiger partial charge in [-0.3, -0.25) is 4.79 Å². The van der Waals surface area contributed by atoms with Gasteiger partial charge in [0.25, 0.3) is 5.91 Å². The SMILES string of the molecule is Cc1oc(C(=O)NC2CCCNC2)cc1S(N)(=O)=O.Cl. The summed E-state index contributed by atoms with van der Waals surface area (Å²) >= 11 is 0. The maximum Gasteiger partial charge on any atom is 0.287 e. The predicted molar refractivity (Wildman–Crippen MR) is 75.4 cm³/mol. The predicted octanol–water partition coefficient (Wildman–Crippen LogP) is 0.139. The van der Waals surface area contributed by atoms with Gasteiger partial charge in [0.05, 0.1) is 0 Å². The van der Waals surface area contributed by atoms with Gasteiger partial charge in [0.15, 0.2) is 5.76 Å². The van der Waals surface area contributed by atoms with E-state index in [9.17, 15) is 13.2 Å². The van der Waals surface area contributed by atoms with E-state index in [1.807, 2.05) is 0 Å². The Labute approximate surface area is 123 Å². The van der Waals surface area contributed by atoms with E-state index in [0.29, 0.717) is 6.54 Å². The lowest BCUT2D eigenvalue weighted by atomic mass is 10.1. The molecule has 1 amide bonds. The summed E-state index contributed by atoms with van der Waals surface area (Å²) in [5.74, 6) is -0.340. The fourth-order valence-electron chi connectivity index (χ4n) is 2.09. The highest BCUT2D eigenvalue weighted by Gasteiger charge is 2.23. The van der Waals surface area contributed by atoms with Crippen LogP contribution in [0.15, 0.2) is 15.4 Å². The largest absolute Gasteiger partial charge is 0.455 e. The number of carbonyl (C=O) groups excluding carboxylic acids is 1. The van der Waals surface area contributed by atoms with Crippen LogP contribution < -0.4 is 15.8 Å². The van der Waals surface area contributed by atoms with Gasteiger partial charge in [-0.05, 0) is 26.3 Å². The first-order valence-electron chi connectivity index (χ1n) is 6.03. The molecule has 7 nitrogen and oxygen atoms in total. The Hall–Kier alpha value is -1.09. The summed E-state index contributed by atoms with van der Waals surface area (Å²) in [5.41, 5.74) is 0. The van der Waals surface area contributed by atoms with E-state index in [2.05, 4.69) is 10.6 Å². The molecular formula is C11H18ClN3O4S. The number of rotatable bonds is 3. The molecule has 1 atom stereocenters. The first-order chi connectivity index (χ1) is 8.88. The van der Waals surface area contributed by atoms with Crippen LogP contribution in [0.5, 0.6) is 0 Å². The van der Waals surface area contributed by atoms with E-state index in [4.69, 9.17) is 9.56 Å². The first-order valence-corrected chi connectivity index (χ1v) is 7.57. The van der Waals surface area contributed by atoms with Crippen LogP contribution in [-0.4, -0.2) is 33.5 Å². The Bertz CT molecular complexity index is 578. The highest BCUT2D eigenvalue weighted by atomic mass is 35.5. The number of aryl methyl sites for hydroxylation is 1. The number of hydrogen-bond donors (Lipinski definition) is 3. The molecule has 20 heavy (non-hydrogen) atoms. The molecule has 0 aliphatic carbocycles. The minimum Gasteiger partial charge on any atom is -0.455 e. The maximum absolute atomic E-state index is 11.9. The minimum absolute atomic E-state index is 0. The van der Waals surface area contributed by atoms with E-state index in [-0.39, 0.29) is 34.9 Å². The van der Waals surface area contributed by atoms with E-state index in [1.54, 1.807) is 0 Å². The number of nitrogens with one attached hydrogen (secondary N) is 2. The number of halogens is 1. The molecule has 1 aliphatic rings. The van der Waals surface area contributed by atoms with Crippen molar-refractivity contribution in [1.29, 1.82) is 0 Å². The molecule has 0 spiro atoms. The van der Waals surface area contributed by atoms with Gasteiger partial charge in [0, 0.05) is 18.7 Å². The van der Waals surface area contributed by atoms with Gasteiger partial charge in [-0.25, -0.2) is 13.6 Å². The molecule has 1 aliphatic heterocycles. The standard InChI is InChI=1S/C11H17N3O4S.ClH/c1-7-10(19(12,16)17)5-9(18-7)11(15)14-8-3-2-4-13-6-8;/h5,8,13H,2-4,6H2,1H3,(H,14,15)(H2,12,16,17);1H. The molecule has 1 saturated heterocycles. The average molecular weight is 324 g/mol. The number of piperidine rings is 1. The highest BCUT2D eigenvalue weighted by molar-refractivity contribution is 7.89. The van der Waals surface area contributed by atoms with Crippen LogP contribution in [-0.2, 0) is 10.0 Å². The summed E-state index contributed by atoms with van der Waals surface area (Å²) in [4.78, 5) is 11.8. The molecule has 4 N–H and O–H groups in total. The Balaban J connectivity index is 0.00000200. The van der Waals surface area contributed by atoms with Crippen molar-refractivity contribution in [3.8, 4) is 0 Å². The molecule has 1 fully saturated rings. The maximum atomic E-state index is 11.9. The summed E-state index contributed by atoms with van der Waals surface area (Å²) in [6.45, 7) is 3.11. The second kappa shape index (κ2) is 6.57. The fraction of sp³-hybridized carbons (Fsp3) is 0.545. The lowest BCUT2D eigenvalue weighted by Crippen LogP contribution is -2.45. The monoisotopic (exact) mass is 323 g/mol. The van der Waals surface area contributed by atoms with Crippen molar-refractivity contribution >= 4 is 28.3 Å². The normalized spacial score (nSPS) is 19.2. The number of amides is 1. The molecule has 1 aromatic rings. The average Bonchev–Trinajstić information content (AvgIpc) is 2.72. The number of nitrogens with two attached hydrogens (primary N) is 1. The quantitative estimate of drug-likeness (QED) is 0.732. The molecule has 0 radical (unpaired) electrons. The third-order valence-corrected chi connectivity index (χ3v) is 4.05. The number of primary sulfonamides is 1. The number of carbonyl (C=O) groups is 1.